The van der Waals surface area contributed by atoms with Crippen LogP contribution in [-0.4, -0.2) is 25.5 Å². The highest BCUT2D eigenvalue weighted by atomic mass is 32.2. The Morgan fingerprint density at radius 2 is 1.75 bits per heavy atom. The first-order valence-electron chi connectivity index (χ1n) is 6.84. The summed E-state index contributed by atoms with van der Waals surface area (Å²) >= 11 is 0. The van der Waals surface area contributed by atoms with E-state index in [1.807, 2.05) is 0 Å². The molecule has 2 N–H and O–H groups in total. The van der Waals surface area contributed by atoms with E-state index in [-0.39, 0.29) is 16.9 Å². The fourth-order valence-corrected chi connectivity index (χ4v) is 3.67. The minimum absolute atomic E-state index is 0.0984. The molecule has 1 saturated carbocycles. The summed E-state index contributed by atoms with van der Waals surface area (Å²) in [6.45, 7) is 0. The highest BCUT2D eigenvalue weighted by Crippen LogP contribution is 2.20. The van der Waals surface area contributed by atoms with Crippen molar-refractivity contribution in [2.45, 2.75) is 56.1 Å². The van der Waals surface area contributed by atoms with Crippen molar-refractivity contribution in [3.63, 3.8) is 0 Å². The number of nitrogens with one attached hydrogen (secondary N) is 1. The van der Waals surface area contributed by atoms with Crippen molar-refractivity contribution in [1.29, 1.82) is 0 Å². The van der Waals surface area contributed by atoms with Crippen LogP contribution >= 0.6 is 0 Å². The molecule has 112 valence electrons. The van der Waals surface area contributed by atoms with Gasteiger partial charge >= 0.3 is 5.97 Å². The molecule has 0 amide bonds. The lowest BCUT2D eigenvalue weighted by Crippen LogP contribution is -2.35. The lowest BCUT2D eigenvalue weighted by atomic mass is 9.97. The van der Waals surface area contributed by atoms with Gasteiger partial charge in [-0.2, -0.15) is 0 Å². The van der Waals surface area contributed by atoms with E-state index in [9.17, 15) is 13.2 Å². The van der Waals surface area contributed by atoms with Gasteiger partial charge < -0.3 is 9.52 Å². The lowest BCUT2D eigenvalue weighted by Gasteiger charge is -2.20. The summed E-state index contributed by atoms with van der Waals surface area (Å²) in [5.74, 6) is -1.65. The number of aromatic carboxylic acids is 1. The largest absolute Gasteiger partial charge is 0.475 e. The van der Waals surface area contributed by atoms with Crippen LogP contribution in [0.2, 0.25) is 0 Å². The number of rotatable bonds is 4. The molecule has 7 heteroatoms. The van der Waals surface area contributed by atoms with Crippen molar-refractivity contribution in [1.82, 2.24) is 4.72 Å². The molecule has 0 saturated heterocycles. The zero-order chi connectivity index (χ0) is 14.6. The molecule has 2 rings (SSSR count). The van der Waals surface area contributed by atoms with Gasteiger partial charge in [0.15, 0.2) is 0 Å². The number of carboxylic acids is 1. The standard InChI is InChI=1S/C13H19NO5S/c15-13(16)11-8-9-12(19-11)20(17,18)14-10-6-4-2-1-3-5-7-10/h8-10,14H,1-7H2,(H,15,16). The topological polar surface area (TPSA) is 96.6 Å². The first-order chi connectivity index (χ1) is 9.49. The Bertz CT molecular complexity index is 555. The molecule has 1 aromatic heterocycles. The minimum Gasteiger partial charge on any atom is -0.475 e. The summed E-state index contributed by atoms with van der Waals surface area (Å²) in [5.41, 5.74) is 0. The Kier molecular flexibility index (Phi) is 4.82. The number of hydrogen-bond donors (Lipinski definition) is 2. The van der Waals surface area contributed by atoms with Crippen LogP contribution in [0.5, 0.6) is 0 Å². The van der Waals surface area contributed by atoms with Gasteiger partial charge in [-0.1, -0.05) is 32.1 Å². The number of furan rings is 1. The second-order valence-corrected chi connectivity index (χ2v) is 6.73. The first-order valence-corrected chi connectivity index (χ1v) is 8.33. The molecule has 0 bridgehead atoms. The Hall–Kier alpha value is -1.34. The lowest BCUT2D eigenvalue weighted by molar-refractivity contribution is 0.0656. The van der Waals surface area contributed by atoms with Crippen LogP contribution in [-0.2, 0) is 10.0 Å². The van der Waals surface area contributed by atoms with E-state index < -0.39 is 16.0 Å². The molecule has 0 unspecified atom stereocenters. The third-order valence-electron chi connectivity index (χ3n) is 3.48. The van der Waals surface area contributed by atoms with Crippen LogP contribution in [0.25, 0.3) is 0 Å². The van der Waals surface area contributed by atoms with Gasteiger partial charge in [-0.05, 0) is 25.0 Å². The van der Waals surface area contributed by atoms with Gasteiger partial charge in [0.1, 0.15) is 0 Å². The van der Waals surface area contributed by atoms with E-state index in [2.05, 4.69) is 4.72 Å². The van der Waals surface area contributed by atoms with Crippen LogP contribution < -0.4 is 4.72 Å². The molecular formula is C13H19NO5S. The summed E-state index contributed by atoms with van der Waals surface area (Å²) in [6, 6.07) is 2.22. The highest BCUT2D eigenvalue weighted by molar-refractivity contribution is 7.89. The van der Waals surface area contributed by atoms with Crippen LogP contribution in [0.1, 0.15) is 55.5 Å². The van der Waals surface area contributed by atoms with E-state index in [4.69, 9.17) is 9.52 Å². The SMILES string of the molecule is O=C(O)c1ccc(S(=O)(=O)NC2CCCCCCC2)o1. The van der Waals surface area contributed by atoms with Crippen molar-refractivity contribution in [2.75, 3.05) is 0 Å². The maximum absolute atomic E-state index is 12.1. The third-order valence-corrected chi connectivity index (χ3v) is 4.88. The fraction of sp³-hybridized carbons (Fsp3) is 0.615. The number of sulfonamides is 1. The molecule has 1 aliphatic carbocycles. The summed E-state index contributed by atoms with van der Waals surface area (Å²) in [7, 11) is -3.78. The summed E-state index contributed by atoms with van der Waals surface area (Å²) in [4.78, 5) is 10.7. The molecule has 1 aromatic rings. The summed E-state index contributed by atoms with van der Waals surface area (Å²) in [5, 5.41) is 8.41. The van der Waals surface area contributed by atoms with Crippen LogP contribution in [0, 0.1) is 0 Å². The van der Waals surface area contributed by atoms with Crippen molar-refractivity contribution in [2.24, 2.45) is 0 Å². The molecule has 0 radical (unpaired) electrons. The zero-order valence-electron chi connectivity index (χ0n) is 11.2. The average molecular weight is 301 g/mol. The van der Waals surface area contributed by atoms with Crippen molar-refractivity contribution in [3.05, 3.63) is 17.9 Å². The number of carboxylic acid groups (broad SMARTS) is 1. The first kappa shape index (κ1) is 15.1. The molecule has 6 nitrogen and oxygen atoms in total. The van der Waals surface area contributed by atoms with E-state index >= 15 is 0 Å². The van der Waals surface area contributed by atoms with Crippen LogP contribution in [0.15, 0.2) is 21.6 Å². The monoisotopic (exact) mass is 301 g/mol. The van der Waals surface area contributed by atoms with Crippen LogP contribution in [0.3, 0.4) is 0 Å². The molecule has 0 spiro atoms. The molecule has 0 atom stereocenters. The summed E-state index contributed by atoms with van der Waals surface area (Å²) < 4.78 is 31.7. The number of hydrogen-bond acceptors (Lipinski definition) is 4. The van der Waals surface area contributed by atoms with E-state index in [0.717, 1.165) is 44.6 Å². The number of carbonyl (C=O) groups is 1. The van der Waals surface area contributed by atoms with E-state index in [0.29, 0.717) is 0 Å². The maximum atomic E-state index is 12.1. The molecule has 0 aromatic carbocycles. The minimum atomic E-state index is -3.78. The normalized spacial score (nSPS) is 18.4. The predicted octanol–water partition coefficient (Wildman–Crippen LogP) is 2.37. The second kappa shape index (κ2) is 6.41. The van der Waals surface area contributed by atoms with E-state index in [1.165, 1.54) is 12.5 Å². The van der Waals surface area contributed by atoms with Gasteiger partial charge in [0.05, 0.1) is 0 Å². The van der Waals surface area contributed by atoms with Gasteiger partial charge in [-0.15, -0.1) is 0 Å². The van der Waals surface area contributed by atoms with Gasteiger partial charge in [0.25, 0.3) is 10.0 Å². The van der Waals surface area contributed by atoms with Gasteiger partial charge in [0, 0.05) is 6.04 Å². The molecule has 1 aliphatic rings. The van der Waals surface area contributed by atoms with Crippen molar-refractivity contribution < 1.29 is 22.7 Å². The highest BCUT2D eigenvalue weighted by Gasteiger charge is 2.24. The molecular weight excluding hydrogens is 282 g/mol. The maximum Gasteiger partial charge on any atom is 0.371 e. The Labute approximate surface area is 118 Å². The quantitative estimate of drug-likeness (QED) is 0.890. The zero-order valence-corrected chi connectivity index (χ0v) is 12.0. The van der Waals surface area contributed by atoms with Gasteiger partial charge in [-0.25, -0.2) is 17.9 Å². The second-order valence-electron chi connectivity index (χ2n) is 5.09. The average Bonchev–Trinajstić information content (AvgIpc) is 2.82. The molecule has 1 heterocycles. The summed E-state index contributed by atoms with van der Waals surface area (Å²) in [6.07, 6.45) is 7.10. The molecule has 1 fully saturated rings. The Morgan fingerprint density at radius 3 is 2.30 bits per heavy atom. The Balaban J connectivity index is 2.06. The van der Waals surface area contributed by atoms with Gasteiger partial charge in [0.2, 0.25) is 10.9 Å². The van der Waals surface area contributed by atoms with E-state index in [1.54, 1.807) is 0 Å². The Morgan fingerprint density at radius 1 is 1.15 bits per heavy atom. The fourth-order valence-electron chi connectivity index (χ4n) is 2.43. The van der Waals surface area contributed by atoms with Crippen molar-refractivity contribution >= 4 is 16.0 Å². The molecule has 0 aliphatic heterocycles. The smallest absolute Gasteiger partial charge is 0.371 e. The molecule has 20 heavy (non-hydrogen) atoms. The predicted molar refractivity (Wildman–Crippen MR) is 72.1 cm³/mol. The third kappa shape index (κ3) is 3.83. The van der Waals surface area contributed by atoms with Crippen LogP contribution in [0.4, 0.5) is 0 Å². The van der Waals surface area contributed by atoms with Crippen molar-refractivity contribution in [3.8, 4) is 0 Å². The van der Waals surface area contributed by atoms with Gasteiger partial charge in [-0.3, -0.25) is 0 Å².